The lowest BCUT2D eigenvalue weighted by atomic mass is 10.1. The van der Waals surface area contributed by atoms with Gasteiger partial charge >= 0.3 is 0 Å². The maximum Gasteiger partial charge on any atom is 0.255 e. The van der Waals surface area contributed by atoms with Crippen molar-refractivity contribution in [2.24, 2.45) is 0 Å². The van der Waals surface area contributed by atoms with Crippen LogP contribution in [0.5, 0.6) is 0 Å². The monoisotopic (exact) mass is 401 g/mol. The fourth-order valence-electron chi connectivity index (χ4n) is 3.61. The second-order valence-electron chi connectivity index (χ2n) is 7.11. The van der Waals surface area contributed by atoms with Gasteiger partial charge in [0.05, 0.1) is 17.0 Å². The molecule has 29 heavy (non-hydrogen) atoms. The van der Waals surface area contributed by atoms with Gasteiger partial charge in [-0.25, -0.2) is 4.98 Å². The fourth-order valence-corrected chi connectivity index (χ4v) is 4.26. The van der Waals surface area contributed by atoms with Crippen LogP contribution in [0, 0.1) is 0 Å². The van der Waals surface area contributed by atoms with Crippen LogP contribution in [0.4, 0.5) is 0 Å². The molecule has 0 atom stereocenters. The van der Waals surface area contributed by atoms with Crippen LogP contribution in [0.2, 0.25) is 0 Å². The van der Waals surface area contributed by atoms with Crippen LogP contribution < -0.4 is 5.56 Å². The summed E-state index contributed by atoms with van der Waals surface area (Å²) in [5.74, 6) is 0.587. The quantitative estimate of drug-likeness (QED) is 0.566. The van der Waals surface area contributed by atoms with Crippen molar-refractivity contribution >= 4 is 11.3 Å². The molecule has 0 saturated heterocycles. The van der Waals surface area contributed by atoms with E-state index in [2.05, 4.69) is 48.8 Å². The molecule has 0 aromatic carbocycles. The molecule has 0 amide bonds. The van der Waals surface area contributed by atoms with E-state index in [1.807, 2.05) is 18.3 Å². The first-order chi connectivity index (χ1) is 14.3. The van der Waals surface area contributed by atoms with Crippen LogP contribution in [0.1, 0.15) is 16.8 Å². The largest absolute Gasteiger partial charge is 0.306 e. The standard InChI is InChI=1S/C22H19N5OS/c28-22-18-13-27(12-15-3-4-19(24-10-15)17-6-9-29-14-17)8-5-20(18)25-21(26-22)16-2-1-7-23-11-16/h1-4,6-7,9-11,14H,5,8,12-13H2,(H,25,26,28). The summed E-state index contributed by atoms with van der Waals surface area (Å²) < 4.78 is 0. The van der Waals surface area contributed by atoms with Gasteiger partial charge in [-0.1, -0.05) is 6.07 Å². The van der Waals surface area contributed by atoms with E-state index in [9.17, 15) is 4.79 Å². The van der Waals surface area contributed by atoms with E-state index in [0.717, 1.165) is 53.2 Å². The Kier molecular flexibility index (Phi) is 4.75. The minimum atomic E-state index is -0.0653. The van der Waals surface area contributed by atoms with Gasteiger partial charge in [0, 0.05) is 61.2 Å². The van der Waals surface area contributed by atoms with E-state index in [0.29, 0.717) is 12.4 Å². The van der Waals surface area contributed by atoms with Gasteiger partial charge < -0.3 is 4.98 Å². The maximum atomic E-state index is 12.7. The summed E-state index contributed by atoms with van der Waals surface area (Å²) in [6.07, 6.45) is 6.11. The van der Waals surface area contributed by atoms with Crippen molar-refractivity contribution < 1.29 is 0 Å². The average molecular weight is 401 g/mol. The Balaban J connectivity index is 1.33. The molecular formula is C22H19N5OS. The van der Waals surface area contributed by atoms with Crippen LogP contribution in [0.25, 0.3) is 22.6 Å². The number of hydrogen-bond donors (Lipinski definition) is 1. The normalized spacial score (nSPS) is 13.9. The SMILES string of the molecule is O=c1[nH]c(-c2cccnc2)nc2c1CN(Cc1ccc(-c3ccsc3)nc1)CC2. The molecule has 0 spiro atoms. The molecule has 7 heteroatoms. The minimum Gasteiger partial charge on any atom is -0.306 e. The van der Waals surface area contributed by atoms with Crippen molar-refractivity contribution in [1.82, 2.24) is 24.8 Å². The highest BCUT2D eigenvalue weighted by molar-refractivity contribution is 7.08. The summed E-state index contributed by atoms with van der Waals surface area (Å²) in [7, 11) is 0. The van der Waals surface area contributed by atoms with Crippen molar-refractivity contribution in [3.05, 3.63) is 86.9 Å². The van der Waals surface area contributed by atoms with Crippen LogP contribution in [0.15, 0.2) is 64.5 Å². The predicted molar refractivity (Wildman–Crippen MR) is 113 cm³/mol. The number of fused-ring (bicyclic) bond motifs is 1. The van der Waals surface area contributed by atoms with E-state index < -0.39 is 0 Å². The van der Waals surface area contributed by atoms with Crippen molar-refractivity contribution in [3.8, 4) is 22.6 Å². The van der Waals surface area contributed by atoms with Gasteiger partial charge in [0.25, 0.3) is 5.56 Å². The Morgan fingerprint density at radius 3 is 2.86 bits per heavy atom. The molecule has 0 unspecified atom stereocenters. The summed E-state index contributed by atoms with van der Waals surface area (Å²) >= 11 is 1.67. The van der Waals surface area contributed by atoms with E-state index in [-0.39, 0.29) is 5.56 Å². The highest BCUT2D eigenvalue weighted by Crippen LogP contribution is 2.22. The molecule has 5 rings (SSSR count). The molecule has 1 aliphatic heterocycles. The van der Waals surface area contributed by atoms with Crippen molar-refractivity contribution in [3.63, 3.8) is 0 Å². The molecule has 1 aliphatic rings. The highest BCUT2D eigenvalue weighted by atomic mass is 32.1. The fraction of sp³-hybridized carbons (Fsp3) is 0.182. The zero-order valence-corrected chi connectivity index (χ0v) is 16.5. The summed E-state index contributed by atoms with van der Waals surface area (Å²) in [4.78, 5) is 31.2. The van der Waals surface area contributed by atoms with Gasteiger partial charge in [-0.2, -0.15) is 11.3 Å². The Hall–Kier alpha value is -3.16. The maximum absolute atomic E-state index is 12.7. The molecule has 0 fully saturated rings. The molecule has 0 aliphatic carbocycles. The second kappa shape index (κ2) is 7.69. The molecule has 4 aromatic rings. The van der Waals surface area contributed by atoms with E-state index in [1.54, 1.807) is 23.7 Å². The first kappa shape index (κ1) is 17.9. The summed E-state index contributed by atoms with van der Waals surface area (Å²) in [6, 6.07) is 9.99. The van der Waals surface area contributed by atoms with Gasteiger partial charge in [0.15, 0.2) is 0 Å². The molecule has 0 bridgehead atoms. The Labute approximate surface area is 171 Å². The highest BCUT2D eigenvalue weighted by Gasteiger charge is 2.21. The van der Waals surface area contributed by atoms with Gasteiger partial charge in [-0.3, -0.25) is 19.7 Å². The van der Waals surface area contributed by atoms with E-state index in [1.165, 1.54) is 0 Å². The minimum absolute atomic E-state index is 0.0653. The molecule has 0 radical (unpaired) electrons. The number of thiophene rings is 1. The van der Waals surface area contributed by atoms with Crippen LogP contribution in [-0.4, -0.2) is 31.4 Å². The van der Waals surface area contributed by atoms with E-state index >= 15 is 0 Å². The average Bonchev–Trinajstić information content (AvgIpc) is 3.30. The Morgan fingerprint density at radius 1 is 1.14 bits per heavy atom. The molecular weight excluding hydrogens is 382 g/mol. The third-order valence-corrected chi connectivity index (χ3v) is 5.81. The zero-order chi connectivity index (χ0) is 19.6. The number of nitrogens with zero attached hydrogens (tertiary/aromatic N) is 4. The number of rotatable bonds is 4. The topological polar surface area (TPSA) is 74.8 Å². The van der Waals surface area contributed by atoms with Gasteiger partial charge in [0.1, 0.15) is 5.82 Å². The van der Waals surface area contributed by atoms with Crippen LogP contribution in [-0.2, 0) is 19.5 Å². The lowest BCUT2D eigenvalue weighted by Gasteiger charge is -2.27. The van der Waals surface area contributed by atoms with Crippen LogP contribution >= 0.6 is 11.3 Å². The molecule has 6 nitrogen and oxygen atoms in total. The zero-order valence-electron chi connectivity index (χ0n) is 15.7. The van der Waals surface area contributed by atoms with Crippen molar-refractivity contribution in [2.45, 2.75) is 19.5 Å². The summed E-state index contributed by atoms with van der Waals surface area (Å²) in [5, 5.41) is 4.16. The lowest BCUT2D eigenvalue weighted by Crippen LogP contribution is -2.35. The number of aromatic amines is 1. The first-order valence-electron chi connectivity index (χ1n) is 9.48. The third-order valence-electron chi connectivity index (χ3n) is 5.13. The lowest BCUT2D eigenvalue weighted by molar-refractivity contribution is 0.241. The molecule has 5 heterocycles. The van der Waals surface area contributed by atoms with Gasteiger partial charge in [-0.05, 0) is 35.2 Å². The molecule has 1 N–H and O–H groups in total. The Morgan fingerprint density at radius 2 is 2.10 bits per heavy atom. The second-order valence-corrected chi connectivity index (χ2v) is 7.89. The number of nitrogens with one attached hydrogen (secondary N) is 1. The van der Waals surface area contributed by atoms with Crippen LogP contribution in [0.3, 0.4) is 0 Å². The van der Waals surface area contributed by atoms with Crippen molar-refractivity contribution in [2.75, 3.05) is 6.54 Å². The third kappa shape index (κ3) is 3.74. The smallest absolute Gasteiger partial charge is 0.255 e. The number of H-pyrrole nitrogens is 1. The van der Waals surface area contributed by atoms with Gasteiger partial charge in [-0.15, -0.1) is 0 Å². The van der Waals surface area contributed by atoms with E-state index in [4.69, 9.17) is 4.98 Å². The summed E-state index contributed by atoms with van der Waals surface area (Å²) in [6.45, 7) is 2.22. The number of pyridine rings is 2. The predicted octanol–water partition coefficient (Wildman–Crippen LogP) is 3.51. The molecule has 0 saturated carbocycles. The van der Waals surface area contributed by atoms with Gasteiger partial charge in [0.2, 0.25) is 0 Å². The number of aromatic nitrogens is 4. The number of hydrogen-bond acceptors (Lipinski definition) is 6. The molecule has 4 aromatic heterocycles. The first-order valence-corrected chi connectivity index (χ1v) is 10.4. The summed E-state index contributed by atoms with van der Waals surface area (Å²) in [5.41, 5.74) is 5.68. The molecule has 144 valence electrons. The Bertz CT molecular complexity index is 1170. The van der Waals surface area contributed by atoms with Crippen molar-refractivity contribution in [1.29, 1.82) is 0 Å².